The molecule has 1 fully saturated rings. The Kier molecular flexibility index (Phi) is 7.10. The van der Waals surface area contributed by atoms with Crippen LogP contribution in [0.2, 0.25) is 0 Å². The maximum Gasteiger partial charge on any atom is 0.417 e. The van der Waals surface area contributed by atoms with Gasteiger partial charge in [0, 0.05) is 48.8 Å². The van der Waals surface area contributed by atoms with E-state index in [1.54, 1.807) is 6.20 Å². The molecule has 0 bridgehead atoms. The Morgan fingerprint density at radius 1 is 1.10 bits per heavy atom. The number of halogens is 3. The Hall–Kier alpha value is -4.24. The largest absolute Gasteiger partial charge is 0.417 e. The zero-order valence-corrected chi connectivity index (χ0v) is 22.3. The van der Waals surface area contributed by atoms with Crippen molar-refractivity contribution in [3.63, 3.8) is 0 Å². The maximum atomic E-state index is 13.3. The van der Waals surface area contributed by atoms with E-state index in [0.29, 0.717) is 18.4 Å². The maximum absolute atomic E-state index is 13.3. The molecule has 1 atom stereocenters. The highest BCUT2D eigenvalue weighted by Gasteiger charge is 2.35. The summed E-state index contributed by atoms with van der Waals surface area (Å²) in [7, 11) is 0. The molecule has 1 aliphatic rings. The molecule has 0 radical (unpaired) electrons. The lowest BCUT2D eigenvalue weighted by Crippen LogP contribution is -2.47. The van der Waals surface area contributed by atoms with Gasteiger partial charge in [0.15, 0.2) is 0 Å². The third-order valence-electron chi connectivity index (χ3n) is 7.65. The number of aromatic amines is 1. The molecule has 4 aromatic rings. The molecule has 4 aromatic heterocycles. The Morgan fingerprint density at radius 3 is 2.48 bits per heavy atom. The van der Waals surface area contributed by atoms with E-state index in [0.717, 1.165) is 36.7 Å². The SMILES string of the molecule is [C-]#[N+]c1cnc(NC(C)c2ccc(N3CCC(O)(C(C)C)CC3)nc2)nc1-c1c[nH]c2ncc(C(F)(F)F)cc12. The van der Waals surface area contributed by atoms with Crippen molar-refractivity contribution in [1.82, 2.24) is 24.9 Å². The zero-order valence-electron chi connectivity index (χ0n) is 22.3. The number of hydrogen-bond donors (Lipinski definition) is 3. The molecule has 208 valence electrons. The highest BCUT2D eigenvalue weighted by atomic mass is 19.4. The summed E-state index contributed by atoms with van der Waals surface area (Å²) in [6, 6.07) is 4.65. The van der Waals surface area contributed by atoms with Crippen LogP contribution in [-0.2, 0) is 6.18 Å². The van der Waals surface area contributed by atoms with Gasteiger partial charge in [-0.25, -0.2) is 24.8 Å². The molecule has 12 heteroatoms. The molecule has 5 heterocycles. The van der Waals surface area contributed by atoms with E-state index >= 15 is 0 Å². The van der Waals surface area contributed by atoms with Crippen LogP contribution in [0.25, 0.3) is 27.1 Å². The summed E-state index contributed by atoms with van der Waals surface area (Å²) in [4.78, 5) is 25.7. The number of nitrogens with zero attached hydrogens (tertiary/aromatic N) is 6. The van der Waals surface area contributed by atoms with Crippen molar-refractivity contribution < 1.29 is 18.3 Å². The molecular formula is C28H29F3N8O. The predicted molar refractivity (Wildman–Crippen MR) is 146 cm³/mol. The number of H-pyrrole nitrogens is 1. The van der Waals surface area contributed by atoms with Gasteiger partial charge in [0.1, 0.15) is 11.5 Å². The van der Waals surface area contributed by atoms with Gasteiger partial charge < -0.3 is 20.3 Å². The molecule has 0 amide bonds. The van der Waals surface area contributed by atoms with E-state index < -0.39 is 17.3 Å². The van der Waals surface area contributed by atoms with Gasteiger partial charge in [-0.1, -0.05) is 19.9 Å². The van der Waals surface area contributed by atoms with E-state index in [9.17, 15) is 18.3 Å². The molecule has 5 rings (SSSR count). The molecule has 0 saturated carbocycles. The van der Waals surface area contributed by atoms with Gasteiger partial charge in [-0.05, 0) is 43.4 Å². The Labute approximate surface area is 229 Å². The van der Waals surface area contributed by atoms with Gasteiger partial charge in [0.2, 0.25) is 11.6 Å². The standard InChI is InChI=1S/C28H29F3N8O/c1-16(2)27(40)7-9-39(10-8-27)23-6-5-18(12-33-23)17(3)37-26-36-15-22(32-4)24(38-26)21-14-35-25-20(21)11-19(13-34-25)28(29,30)31/h5-6,11-17,40H,7-10H2,1-3H3,(H,34,35)(H,36,37,38). The first kappa shape index (κ1) is 27.3. The summed E-state index contributed by atoms with van der Waals surface area (Å²) in [6.45, 7) is 15.0. The van der Waals surface area contributed by atoms with Crippen LogP contribution in [0.1, 0.15) is 50.8 Å². The average molecular weight is 551 g/mol. The second kappa shape index (κ2) is 10.4. The van der Waals surface area contributed by atoms with E-state index in [1.165, 1.54) is 12.4 Å². The van der Waals surface area contributed by atoms with E-state index in [-0.39, 0.29) is 40.3 Å². The van der Waals surface area contributed by atoms with Gasteiger partial charge in [0.05, 0.1) is 29.5 Å². The molecule has 1 saturated heterocycles. The molecular weight excluding hydrogens is 521 g/mol. The highest BCUT2D eigenvalue weighted by Crippen LogP contribution is 2.37. The number of alkyl halides is 3. The number of fused-ring (bicyclic) bond motifs is 1. The lowest BCUT2D eigenvalue weighted by molar-refractivity contribution is -0.137. The second-order valence-electron chi connectivity index (χ2n) is 10.4. The fourth-order valence-electron chi connectivity index (χ4n) is 4.90. The normalized spacial score (nSPS) is 16.2. The van der Waals surface area contributed by atoms with E-state index in [2.05, 4.69) is 40.0 Å². The molecule has 1 aliphatic heterocycles. The van der Waals surface area contributed by atoms with Gasteiger partial charge in [-0.3, -0.25) is 0 Å². The first-order valence-electron chi connectivity index (χ1n) is 13.0. The predicted octanol–water partition coefficient (Wildman–Crippen LogP) is 6.14. The Morgan fingerprint density at radius 2 is 1.85 bits per heavy atom. The zero-order chi connectivity index (χ0) is 28.7. The average Bonchev–Trinajstić information content (AvgIpc) is 3.36. The molecule has 0 spiro atoms. The lowest BCUT2D eigenvalue weighted by Gasteiger charge is -2.41. The first-order chi connectivity index (χ1) is 19.0. The Bertz CT molecular complexity index is 1550. The number of piperidine rings is 1. The molecule has 0 aliphatic carbocycles. The number of aromatic nitrogens is 5. The summed E-state index contributed by atoms with van der Waals surface area (Å²) in [5.41, 5.74) is 0.247. The topological polar surface area (TPSA) is 107 Å². The van der Waals surface area contributed by atoms with Crippen molar-refractivity contribution in [2.75, 3.05) is 23.3 Å². The lowest BCUT2D eigenvalue weighted by atomic mass is 9.81. The minimum atomic E-state index is -4.55. The van der Waals surface area contributed by atoms with Gasteiger partial charge in [-0.2, -0.15) is 13.2 Å². The molecule has 1 unspecified atom stereocenters. The van der Waals surface area contributed by atoms with Gasteiger partial charge in [-0.15, -0.1) is 0 Å². The van der Waals surface area contributed by atoms with Crippen LogP contribution in [0.4, 0.5) is 30.6 Å². The van der Waals surface area contributed by atoms with Crippen LogP contribution in [0.15, 0.2) is 43.0 Å². The summed E-state index contributed by atoms with van der Waals surface area (Å²) in [5, 5.41) is 14.2. The molecule has 0 aromatic carbocycles. The summed E-state index contributed by atoms with van der Waals surface area (Å²) in [5.74, 6) is 1.26. The molecule has 40 heavy (non-hydrogen) atoms. The summed E-state index contributed by atoms with van der Waals surface area (Å²) >= 11 is 0. The number of anilines is 2. The van der Waals surface area contributed by atoms with Crippen LogP contribution in [0.5, 0.6) is 0 Å². The minimum Gasteiger partial charge on any atom is -0.389 e. The van der Waals surface area contributed by atoms with E-state index in [4.69, 9.17) is 6.57 Å². The summed E-state index contributed by atoms with van der Waals surface area (Å²) < 4.78 is 39.9. The van der Waals surface area contributed by atoms with Crippen molar-refractivity contribution >= 4 is 28.5 Å². The van der Waals surface area contributed by atoms with Crippen molar-refractivity contribution in [3.05, 3.63) is 65.5 Å². The molecule has 3 N–H and O–H groups in total. The van der Waals surface area contributed by atoms with Crippen molar-refractivity contribution in [2.24, 2.45) is 5.92 Å². The number of rotatable bonds is 6. The van der Waals surface area contributed by atoms with Crippen LogP contribution in [-0.4, -0.2) is 48.7 Å². The smallest absolute Gasteiger partial charge is 0.389 e. The second-order valence-corrected chi connectivity index (χ2v) is 10.4. The van der Waals surface area contributed by atoms with Crippen LogP contribution in [0, 0.1) is 12.5 Å². The van der Waals surface area contributed by atoms with Crippen molar-refractivity contribution in [3.8, 4) is 11.3 Å². The number of aliphatic hydroxyl groups is 1. The van der Waals surface area contributed by atoms with Crippen molar-refractivity contribution in [1.29, 1.82) is 0 Å². The number of hydrogen-bond acceptors (Lipinski definition) is 7. The monoisotopic (exact) mass is 550 g/mol. The van der Waals surface area contributed by atoms with Crippen LogP contribution >= 0.6 is 0 Å². The van der Waals surface area contributed by atoms with Gasteiger partial charge >= 0.3 is 6.18 Å². The fraction of sp³-hybridized carbons (Fsp3) is 0.393. The number of pyridine rings is 2. The molecule has 9 nitrogen and oxygen atoms in total. The minimum absolute atomic E-state index is 0.105. The summed E-state index contributed by atoms with van der Waals surface area (Å²) in [6.07, 6.45) is 2.21. The fourth-order valence-corrected chi connectivity index (χ4v) is 4.90. The van der Waals surface area contributed by atoms with Crippen molar-refractivity contribution in [2.45, 2.75) is 51.4 Å². The highest BCUT2D eigenvalue weighted by molar-refractivity contribution is 5.96. The van der Waals surface area contributed by atoms with Crippen LogP contribution in [0.3, 0.4) is 0 Å². The van der Waals surface area contributed by atoms with Gasteiger partial charge in [0.25, 0.3) is 0 Å². The van der Waals surface area contributed by atoms with Crippen LogP contribution < -0.4 is 10.2 Å². The van der Waals surface area contributed by atoms with E-state index in [1.807, 2.05) is 32.9 Å². The third kappa shape index (κ3) is 5.29. The number of nitrogens with one attached hydrogen (secondary N) is 2. The third-order valence-corrected chi connectivity index (χ3v) is 7.65. The first-order valence-corrected chi connectivity index (χ1v) is 13.0. The Balaban J connectivity index is 1.35. The quantitative estimate of drug-likeness (QED) is 0.247.